The van der Waals surface area contributed by atoms with Gasteiger partial charge in [0.25, 0.3) is 5.91 Å². The standard InChI is InChI=1S/C19H14N4O2S/c24-19(16-8-17(25-23-16)18-4-2-6-26-18)22-10-13-7-15(12-21-9-13)14-3-1-5-20-11-14/h1-9,11-12H,10H2,(H,22,24). The fourth-order valence-corrected chi connectivity index (χ4v) is 3.14. The van der Waals surface area contributed by atoms with Crippen molar-refractivity contribution < 1.29 is 9.32 Å². The van der Waals surface area contributed by atoms with Crippen LogP contribution in [0.5, 0.6) is 0 Å². The number of hydrogen-bond acceptors (Lipinski definition) is 6. The zero-order valence-corrected chi connectivity index (χ0v) is 14.4. The number of pyridine rings is 2. The second-order valence-corrected chi connectivity index (χ2v) is 6.51. The summed E-state index contributed by atoms with van der Waals surface area (Å²) in [5.41, 5.74) is 3.07. The second kappa shape index (κ2) is 7.28. The first-order valence-corrected chi connectivity index (χ1v) is 8.81. The Morgan fingerprint density at radius 1 is 1.08 bits per heavy atom. The molecule has 26 heavy (non-hydrogen) atoms. The van der Waals surface area contributed by atoms with E-state index in [2.05, 4.69) is 20.4 Å². The Kier molecular flexibility index (Phi) is 4.53. The molecule has 0 aliphatic rings. The van der Waals surface area contributed by atoms with Crippen molar-refractivity contribution in [3.63, 3.8) is 0 Å². The average Bonchev–Trinajstić information content (AvgIpc) is 3.38. The molecule has 0 spiro atoms. The highest BCUT2D eigenvalue weighted by Crippen LogP contribution is 2.25. The third-order valence-electron chi connectivity index (χ3n) is 3.75. The van der Waals surface area contributed by atoms with E-state index in [-0.39, 0.29) is 11.6 Å². The fraction of sp³-hybridized carbons (Fsp3) is 0.0526. The summed E-state index contributed by atoms with van der Waals surface area (Å²) < 4.78 is 5.24. The predicted molar refractivity (Wildman–Crippen MR) is 98.5 cm³/mol. The first-order chi connectivity index (χ1) is 12.8. The largest absolute Gasteiger partial charge is 0.355 e. The van der Waals surface area contributed by atoms with Crippen LogP contribution in [-0.4, -0.2) is 21.0 Å². The fourth-order valence-electron chi connectivity index (χ4n) is 2.47. The monoisotopic (exact) mass is 362 g/mol. The highest BCUT2D eigenvalue weighted by Gasteiger charge is 2.14. The van der Waals surface area contributed by atoms with Crippen LogP contribution in [-0.2, 0) is 6.54 Å². The number of carbonyl (C=O) groups is 1. The molecule has 0 radical (unpaired) electrons. The molecule has 0 atom stereocenters. The summed E-state index contributed by atoms with van der Waals surface area (Å²) in [5.74, 6) is 0.300. The van der Waals surface area contributed by atoms with Gasteiger partial charge in [0.15, 0.2) is 11.5 Å². The van der Waals surface area contributed by atoms with Crippen molar-refractivity contribution in [1.82, 2.24) is 20.4 Å². The van der Waals surface area contributed by atoms with Crippen molar-refractivity contribution >= 4 is 17.2 Å². The zero-order chi connectivity index (χ0) is 17.8. The van der Waals surface area contributed by atoms with Gasteiger partial charge >= 0.3 is 0 Å². The van der Waals surface area contributed by atoms with Gasteiger partial charge in [-0.25, -0.2) is 0 Å². The van der Waals surface area contributed by atoms with Crippen molar-refractivity contribution in [2.45, 2.75) is 6.54 Å². The lowest BCUT2D eigenvalue weighted by molar-refractivity contribution is 0.0942. The lowest BCUT2D eigenvalue weighted by Crippen LogP contribution is -2.23. The van der Waals surface area contributed by atoms with Crippen molar-refractivity contribution in [3.8, 4) is 21.8 Å². The smallest absolute Gasteiger partial charge is 0.273 e. The van der Waals surface area contributed by atoms with Crippen molar-refractivity contribution in [1.29, 1.82) is 0 Å². The van der Waals surface area contributed by atoms with Gasteiger partial charge in [0.05, 0.1) is 4.88 Å². The summed E-state index contributed by atoms with van der Waals surface area (Å²) in [5, 5.41) is 8.63. The lowest BCUT2D eigenvalue weighted by Gasteiger charge is -2.05. The Bertz CT molecular complexity index is 1010. The average molecular weight is 362 g/mol. The molecule has 4 aromatic rings. The summed E-state index contributed by atoms with van der Waals surface area (Å²) in [7, 11) is 0. The molecule has 7 heteroatoms. The van der Waals surface area contributed by atoms with Gasteiger partial charge in [-0.05, 0) is 29.1 Å². The molecule has 0 bridgehead atoms. The molecule has 4 rings (SSSR count). The topological polar surface area (TPSA) is 80.9 Å². The van der Waals surface area contributed by atoms with E-state index < -0.39 is 0 Å². The van der Waals surface area contributed by atoms with Crippen LogP contribution >= 0.6 is 11.3 Å². The van der Waals surface area contributed by atoms with Gasteiger partial charge in [-0.1, -0.05) is 17.3 Å². The Balaban J connectivity index is 1.43. The summed E-state index contributed by atoms with van der Waals surface area (Å²) in [6, 6.07) is 11.3. The molecule has 128 valence electrons. The number of nitrogens with zero attached hydrogens (tertiary/aromatic N) is 3. The van der Waals surface area contributed by atoms with Gasteiger partial charge in [0.1, 0.15) is 0 Å². The number of nitrogens with one attached hydrogen (secondary N) is 1. The van der Waals surface area contributed by atoms with E-state index in [0.717, 1.165) is 21.6 Å². The minimum Gasteiger partial charge on any atom is -0.355 e. The summed E-state index contributed by atoms with van der Waals surface area (Å²) in [4.78, 5) is 21.6. The van der Waals surface area contributed by atoms with Crippen molar-refractivity contribution in [3.05, 3.63) is 77.8 Å². The first kappa shape index (κ1) is 16.2. The van der Waals surface area contributed by atoms with Gasteiger partial charge in [0, 0.05) is 48.5 Å². The summed E-state index contributed by atoms with van der Waals surface area (Å²) >= 11 is 1.53. The van der Waals surface area contributed by atoms with Gasteiger partial charge in [-0.15, -0.1) is 11.3 Å². The van der Waals surface area contributed by atoms with Crippen LogP contribution in [0.3, 0.4) is 0 Å². The van der Waals surface area contributed by atoms with E-state index >= 15 is 0 Å². The van der Waals surface area contributed by atoms with Crippen LogP contribution in [0.25, 0.3) is 21.8 Å². The lowest BCUT2D eigenvalue weighted by atomic mass is 10.1. The number of rotatable bonds is 5. The number of amides is 1. The maximum Gasteiger partial charge on any atom is 0.273 e. The van der Waals surface area contributed by atoms with Gasteiger partial charge in [-0.3, -0.25) is 14.8 Å². The molecule has 1 amide bonds. The number of thiophene rings is 1. The Hall–Kier alpha value is -3.32. The summed E-state index contributed by atoms with van der Waals surface area (Å²) in [6.45, 7) is 0.348. The van der Waals surface area contributed by atoms with Crippen LogP contribution in [0.2, 0.25) is 0 Å². The van der Waals surface area contributed by atoms with E-state index in [1.54, 1.807) is 30.9 Å². The van der Waals surface area contributed by atoms with E-state index in [0.29, 0.717) is 12.3 Å². The SMILES string of the molecule is O=C(NCc1cncc(-c2cccnc2)c1)c1cc(-c2cccs2)on1. The Labute approximate surface area is 153 Å². The van der Waals surface area contributed by atoms with Crippen LogP contribution in [0.15, 0.2) is 71.1 Å². The maximum atomic E-state index is 12.3. The normalized spacial score (nSPS) is 10.6. The third-order valence-corrected chi connectivity index (χ3v) is 4.63. The number of aromatic nitrogens is 3. The van der Waals surface area contributed by atoms with Crippen molar-refractivity contribution in [2.24, 2.45) is 0 Å². The second-order valence-electron chi connectivity index (χ2n) is 5.56. The molecule has 4 aromatic heterocycles. The molecule has 1 N–H and O–H groups in total. The minimum atomic E-state index is -0.289. The number of hydrogen-bond donors (Lipinski definition) is 1. The molecule has 0 saturated heterocycles. The summed E-state index contributed by atoms with van der Waals surface area (Å²) in [6.07, 6.45) is 7.00. The molecule has 6 nitrogen and oxygen atoms in total. The minimum absolute atomic E-state index is 0.254. The highest BCUT2D eigenvalue weighted by atomic mass is 32.1. The van der Waals surface area contributed by atoms with Crippen LogP contribution in [0, 0.1) is 0 Å². The van der Waals surface area contributed by atoms with Gasteiger partial charge in [-0.2, -0.15) is 0 Å². The molecule has 4 heterocycles. The highest BCUT2D eigenvalue weighted by molar-refractivity contribution is 7.13. The molecular formula is C19H14N4O2S. The van der Waals surface area contributed by atoms with Gasteiger partial charge in [0.2, 0.25) is 0 Å². The molecular weight excluding hydrogens is 348 g/mol. The zero-order valence-electron chi connectivity index (χ0n) is 13.6. The Morgan fingerprint density at radius 3 is 2.81 bits per heavy atom. The predicted octanol–water partition coefficient (Wildman–Crippen LogP) is 3.79. The van der Waals surface area contributed by atoms with E-state index in [1.165, 1.54) is 11.3 Å². The quantitative estimate of drug-likeness (QED) is 0.584. The maximum absolute atomic E-state index is 12.3. The molecule has 0 unspecified atom stereocenters. The van der Waals surface area contributed by atoms with Crippen LogP contribution in [0.4, 0.5) is 0 Å². The van der Waals surface area contributed by atoms with Gasteiger partial charge < -0.3 is 9.84 Å². The van der Waals surface area contributed by atoms with Crippen LogP contribution in [0.1, 0.15) is 16.1 Å². The first-order valence-electron chi connectivity index (χ1n) is 7.93. The third kappa shape index (κ3) is 3.52. The van der Waals surface area contributed by atoms with E-state index in [4.69, 9.17) is 4.52 Å². The van der Waals surface area contributed by atoms with Crippen LogP contribution < -0.4 is 5.32 Å². The molecule has 0 aromatic carbocycles. The molecule has 0 aliphatic heterocycles. The molecule has 0 aliphatic carbocycles. The van der Waals surface area contributed by atoms with Crippen molar-refractivity contribution in [2.75, 3.05) is 0 Å². The molecule has 0 fully saturated rings. The Morgan fingerprint density at radius 2 is 2.00 bits per heavy atom. The number of carbonyl (C=O) groups excluding carboxylic acids is 1. The molecule has 0 saturated carbocycles. The van der Waals surface area contributed by atoms with E-state index in [9.17, 15) is 4.79 Å². The van der Waals surface area contributed by atoms with E-state index in [1.807, 2.05) is 35.7 Å².